The maximum absolute atomic E-state index is 13.3. The molecule has 2 aromatic carbocycles. The van der Waals surface area contributed by atoms with Crippen molar-refractivity contribution in [1.82, 2.24) is 20.0 Å². The van der Waals surface area contributed by atoms with Crippen LogP contribution in [0.4, 0.5) is 18.9 Å². The van der Waals surface area contributed by atoms with Crippen LogP contribution in [0.25, 0.3) is 16.6 Å². The highest BCUT2D eigenvalue weighted by Gasteiger charge is 2.33. The van der Waals surface area contributed by atoms with Crippen LogP contribution < -0.4 is 5.32 Å². The van der Waals surface area contributed by atoms with Gasteiger partial charge in [-0.25, -0.2) is 4.68 Å². The van der Waals surface area contributed by atoms with Crippen LogP contribution in [0.5, 0.6) is 0 Å². The zero-order chi connectivity index (χ0) is 20.6. The molecule has 4 rings (SSSR count). The van der Waals surface area contributed by atoms with Crippen LogP contribution in [-0.2, 0) is 6.18 Å². The number of amides is 1. The Morgan fingerprint density at radius 1 is 1.03 bits per heavy atom. The van der Waals surface area contributed by atoms with E-state index in [1.54, 1.807) is 31.2 Å². The summed E-state index contributed by atoms with van der Waals surface area (Å²) in [5, 5.41) is 10.9. The first-order chi connectivity index (χ1) is 13.9. The summed E-state index contributed by atoms with van der Waals surface area (Å²) in [6, 6.07) is 14.2. The molecule has 0 bridgehead atoms. The van der Waals surface area contributed by atoms with Crippen molar-refractivity contribution in [3.8, 4) is 5.69 Å². The Hall–Kier alpha value is -3.75. The van der Waals surface area contributed by atoms with Gasteiger partial charge in [-0.3, -0.25) is 9.78 Å². The number of para-hydroxylation sites is 2. The minimum absolute atomic E-state index is 0.0748. The molecule has 1 amide bonds. The summed E-state index contributed by atoms with van der Waals surface area (Å²) >= 11 is 0. The van der Waals surface area contributed by atoms with E-state index >= 15 is 0 Å². The average Bonchev–Trinajstić information content (AvgIpc) is 3.08. The smallest absolute Gasteiger partial charge is 0.321 e. The molecule has 0 spiro atoms. The Morgan fingerprint density at radius 3 is 2.52 bits per heavy atom. The van der Waals surface area contributed by atoms with Crippen LogP contribution in [-0.4, -0.2) is 25.9 Å². The van der Waals surface area contributed by atoms with Gasteiger partial charge in [-0.2, -0.15) is 13.2 Å². The standard InChI is InChI=1S/C20H14F3N5O/c1-12-17(19(29)25-13-6-3-2-4-7-13)26-27-28(12)16-10-11-24-18-14(16)8-5-9-15(18)20(21,22)23/h2-11H,1H3,(H,25,29). The predicted octanol–water partition coefficient (Wildman–Crippen LogP) is 4.40. The summed E-state index contributed by atoms with van der Waals surface area (Å²) in [7, 11) is 0. The summed E-state index contributed by atoms with van der Waals surface area (Å²) in [6.45, 7) is 1.62. The fraction of sp³-hybridized carbons (Fsp3) is 0.100. The van der Waals surface area contributed by atoms with Crippen LogP contribution in [0.15, 0.2) is 60.8 Å². The summed E-state index contributed by atoms with van der Waals surface area (Å²) in [4.78, 5) is 16.4. The van der Waals surface area contributed by atoms with Crippen molar-refractivity contribution < 1.29 is 18.0 Å². The molecule has 0 atom stereocenters. The van der Waals surface area contributed by atoms with Gasteiger partial charge < -0.3 is 5.32 Å². The largest absolute Gasteiger partial charge is 0.418 e. The van der Waals surface area contributed by atoms with E-state index in [4.69, 9.17) is 0 Å². The van der Waals surface area contributed by atoms with Gasteiger partial charge in [0.1, 0.15) is 0 Å². The number of nitrogens with one attached hydrogen (secondary N) is 1. The van der Waals surface area contributed by atoms with Crippen LogP contribution in [0, 0.1) is 6.92 Å². The number of pyridine rings is 1. The summed E-state index contributed by atoms with van der Waals surface area (Å²) in [5.41, 5.74) is 0.383. The lowest BCUT2D eigenvalue weighted by molar-refractivity contribution is -0.136. The first kappa shape index (κ1) is 18.6. The molecule has 146 valence electrons. The third kappa shape index (κ3) is 3.42. The molecule has 6 nitrogen and oxygen atoms in total. The van der Waals surface area contributed by atoms with Gasteiger partial charge in [0, 0.05) is 17.3 Å². The molecule has 0 radical (unpaired) electrons. The minimum atomic E-state index is -4.54. The molecule has 9 heteroatoms. The first-order valence-electron chi connectivity index (χ1n) is 8.60. The van der Waals surface area contributed by atoms with Gasteiger partial charge in [-0.05, 0) is 31.2 Å². The van der Waals surface area contributed by atoms with Crippen molar-refractivity contribution in [3.63, 3.8) is 0 Å². The van der Waals surface area contributed by atoms with E-state index in [0.29, 0.717) is 17.1 Å². The van der Waals surface area contributed by atoms with Crippen molar-refractivity contribution in [2.24, 2.45) is 0 Å². The molecular weight excluding hydrogens is 383 g/mol. The zero-order valence-electron chi connectivity index (χ0n) is 15.1. The number of alkyl halides is 3. The highest BCUT2D eigenvalue weighted by molar-refractivity contribution is 6.03. The van der Waals surface area contributed by atoms with E-state index in [1.807, 2.05) is 6.07 Å². The SMILES string of the molecule is Cc1c(C(=O)Nc2ccccc2)nnn1-c1ccnc2c(C(F)(F)F)cccc12. The number of benzene rings is 2. The lowest BCUT2D eigenvalue weighted by atomic mass is 10.1. The maximum atomic E-state index is 13.3. The molecule has 0 saturated heterocycles. The predicted molar refractivity (Wildman–Crippen MR) is 101 cm³/mol. The Labute approximate surface area is 163 Å². The van der Waals surface area contributed by atoms with E-state index < -0.39 is 17.6 Å². The van der Waals surface area contributed by atoms with E-state index in [2.05, 4.69) is 20.6 Å². The molecule has 0 fully saturated rings. The van der Waals surface area contributed by atoms with E-state index in [0.717, 1.165) is 6.07 Å². The van der Waals surface area contributed by atoms with E-state index in [-0.39, 0.29) is 16.6 Å². The first-order valence-corrected chi connectivity index (χ1v) is 8.60. The number of hydrogen-bond acceptors (Lipinski definition) is 4. The fourth-order valence-electron chi connectivity index (χ4n) is 3.05. The van der Waals surface area contributed by atoms with Gasteiger partial charge in [0.05, 0.1) is 22.5 Å². The van der Waals surface area contributed by atoms with Crippen LogP contribution >= 0.6 is 0 Å². The normalized spacial score (nSPS) is 11.6. The molecule has 2 aromatic heterocycles. The number of nitrogens with zero attached hydrogens (tertiary/aromatic N) is 4. The highest BCUT2D eigenvalue weighted by Crippen LogP contribution is 2.35. The van der Waals surface area contributed by atoms with Gasteiger partial charge in [-0.1, -0.05) is 35.5 Å². The van der Waals surface area contributed by atoms with Gasteiger partial charge in [0.2, 0.25) is 0 Å². The molecule has 2 heterocycles. The third-order valence-corrected chi connectivity index (χ3v) is 4.42. The third-order valence-electron chi connectivity index (χ3n) is 4.42. The van der Waals surface area contributed by atoms with Gasteiger partial charge >= 0.3 is 6.18 Å². The Balaban J connectivity index is 1.77. The Morgan fingerprint density at radius 2 is 1.79 bits per heavy atom. The van der Waals surface area contributed by atoms with Crippen molar-refractivity contribution in [1.29, 1.82) is 0 Å². The maximum Gasteiger partial charge on any atom is 0.418 e. The van der Waals surface area contributed by atoms with Crippen LogP contribution in [0.1, 0.15) is 21.7 Å². The molecule has 29 heavy (non-hydrogen) atoms. The molecule has 1 N–H and O–H groups in total. The molecule has 0 aliphatic rings. The second-order valence-corrected chi connectivity index (χ2v) is 6.28. The number of rotatable bonds is 3. The van der Waals surface area contributed by atoms with Crippen LogP contribution in [0.2, 0.25) is 0 Å². The molecule has 0 saturated carbocycles. The topological polar surface area (TPSA) is 72.7 Å². The molecular formula is C20H14F3N5O. The fourth-order valence-corrected chi connectivity index (χ4v) is 3.05. The average molecular weight is 397 g/mol. The summed E-state index contributed by atoms with van der Waals surface area (Å²) < 4.78 is 41.3. The molecule has 0 aliphatic carbocycles. The number of aromatic nitrogens is 4. The lowest BCUT2D eigenvalue weighted by Crippen LogP contribution is -2.14. The number of hydrogen-bond donors (Lipinski definition) is 1. The van der Waals surface area contributed by atoms with Crippen molar-refractivity contribution >= 4 is 22.5 Å². The zero-order valence-corrected chi connectivity index (χ0v) is 15.1. The van der Waals surface area contributed by atoms with E-state index in [1.165, 1.54) is 29.1 Å². The Kier molecular flexibility index (Phi) is 4.50. The lowest BCUT2D eigenvalue weighted by Gasteiger charge is -2.12. The second kappa shape index (κ2) is 7.01. The minimum Gasteiger partial charge on any atom is -0.321 e. The Bertz CT molecular complexity index is 1200. The van der Waals surface area contributed by atoms with Crippen molar-refractivity contribution in [3.05, 3.63) is 77.7 Å². The van der Waals surface area contributed by atoms with Crippen molar-refractivity contribution in [2.45, 2.75) is 13.1 Å². The summed E-state index contributed by atoms with van der Waals surface area (Å²) in [6.07, 6.45) is -3.26. The molecule has 4 aromatic rings. The highest BCUT2D eigenvalue weighted by atomic mass is 19.4. The molecule has 0 unspecified atom stereocenters. The quantitative estimate of drug-likeness (QED) is 0.556. The number of carbonyl (C=O) groups is 1. The number of halogens is 3. The van der Waals surface area contributed by atoms with Gasteiger partial charge in [0.15, 0.2) is 5.69 Å². The van der Waals surface area contributed by atoms with Gasteiger partial charge in [-0.15, -0.1) is 5.10 Å². The van der Waals surface area contributed by atoms with Gasteiger partial charge in [0.25, 0.3) is 5.91 Å². The van der Waals surface area contributed by atoms with E-state index in [9.17, 15) is 18.0 Å². The van der Waals surface area contributed by atoms with Crippen LogP contribution in [0.3, 0.4) is 0 Å². The summed E-state index contributed by atoms with van der Waals surface area (Å²) in [5.74, 6) is -0.464. The second-order valence-electron chi connectivity index (χ2n) is 6.28. The van der Waals surface area contributed by atoms with Crippen molar-refractivity contribution in [2.75, 3.05) is 5.32 Å². The number of anilines is 1. The number of fused-ring (bicyclic) bond motifs is 1. The number of carbonyl (C=O) groups excluding carboxylic acids is 1. The molecule has 0 aliphatic heterocycles. The monoisotopic (exact) mass is 397 g/mol.